The van der Waals surface area contributed by atoms with Crippen LogP contribution in [0, 0.1) is 0 Å². The Kier molecular flexibility index (Phi) is 37.0. The molecule has 3 unspecified atom stereocenters. The molecule has 0 aromatic rings. The summed E-state index contributed by atoms with van der Waals surface area (Å²) in [6.07, 6.45) is 38.2. The Morgan fingerprint density at radius 2 is 0.930 bits per heavy atom. The van der Waals surface area contributed by atoms with Gasteiger partial charge in [-0.3, -0.25) is 23.2 Å². The molecule has 0 saturated carbocycles. The molecule has 0 aromatic carbocycles. The SMILES string of the molecule is CCCCCC=CCC=CCC=CCC=CCCCC(=O)OC(COC(=O)CCCCCCCCCCCCCCC)COP(=O)(O)OCC(O)COP(=O)(O)O. The number of ether oxygens (including phenoxy) is 2. The number of rotatable bonds is 40. The van der Waals surface area contributed by atoms with E-state index < -0.39 is 66.2 Å². The van der Waals surface area contributed by atoms with Gasteiger partial charge in [-0.25, -0.2) is 9.13 Å². The van der Waals surface area contributed by atoms with Crippen molar-refractivity contribution in [2.75, 3.05) is 26.4 Å². The maximum atomic E-state index is 12.6. The van der Waals surface area contributed by atoms with Gasteiger partial charge in [0.2, 0.25) is 0 Å². The minimum atomic E-state index is -4.87. The lowest BCUT2D eigenvalue weighted by Crippen LogP contribution is -2.29. The van der Waals surface area contributed by atoms with E-state index in [0.717, 1.165) is 44.9 Å². The van der Waals surface area contributed by atoms with Crippen molar-refractivity contribution in [3.63, 3.8) is 0 Å². The van der Waals surface area contributed by atoms with Crippen molar-refractivity contribution in [1.29, 1.82) is 0 Å². The summed E-state index contributed by atoms with van der Waals surface area (Å²) >= 11 is 0. The van der Waals surface area contributed by atoms with Crippen LogP contribution in [0.4, 0.5) is 0 Å². The molecule has 0 aromatic heterocycles. The zero-order valence-electron chi connectivity index (χ0n) is 34.9. The van der Waals surface area contributed by atoms with E-state index in [1.54, 1.807) is 0 Å². The third-order valence-electron chi connectivity index (χ3n) is 8.71. The number of aliphatic hydroxyl groups is 1. The van der Waals surface area contributed by atoms with Crippen LogP contribution in [0.25, 0.3) is 0 Å². The predicted octanol–water partition coefficient (Wildman–Crippen LogP) is 10.7. The van der Waals surface area contributed by atoms with Gasteiger partial charge >= 0.3 is 27.6 Å². The second kappa shape index (κ2) is 38.3. The minimum absolute atomic E-state index is 0.0560. The van der Waals surface area contributed by atoms with Gasteiger partial charge in [-0.2, -0.15) is 0 Å². The molecule has 0 amide bonds. The Balaban J connectivity index is 4.63. The Morgan fingerprint density at radius 3 is 1.46 bits per heavy atom. The molecule has 0 saturated heterocycles. The van der Waals surface area contributed by atoms with E-state index in [4.69, 9.17) is 23.8 Å². The van der Waals surface area contributed by atoms with E-state index in [-0.39, 0.29) is 12.8 Å². The molecule has 15 heteroatoms. The first kappa shape index (κ1) is 55.1. The summed E-state index contributed by atoms with van der Waals surface area (Å²) in [7, 11) is -9.68. The van der Waals surface area contributed by atoms with Crippen molar-refractivity contribution in [1.82, 2.24) is 0 Å². The van der Waals surface area contributed by atoms with Crippen molar-refractivity contribution in [3.8, 4) is 0 Å². The lowest BCUT2D eigenvalue weighted by Gasteiger charge is -2.20. The van der Waals surface area contributed by atoms with Crippen LogP contribution in [0.2, 0.25) is 0 Å². The summed E-state index contributed by atoms with van der Waals surface area (Å²) in [5.74, 6) is -1.10. The zero-order chi connectivity index (χ0) is 42.3. The van der Waals surface area contributed by atoms with Crippen LogP contribution in [0.5, 0.6) is 0 Å². The smallest absolute Gasteiger partial charge is 0.462 e. The van der Waals surface area contributed by atoms with Gasteiger partial charge < -0.3 is 29.3 Å². The number of hydrogen-bond donors (Lipinski definition) is 4. The second-order valence-electron chi connectivity index (χ2n) is 14.3. The molecule has 3 atom stereocenters. The molecule has 13 nitrogen and oxygen atoms in total. The van der Waals surface area contributed by atoms with Crippen molar-refractivity contribution in [2.45, 2.75) is 180 Å². The van der Waals surface area contributed by atoms with Crippen LogP contribution in [0.3, 0.4) is 0 Å². The topological polar surface area (TPSA) is 195 Å². The van der Waals surface area contributed by atoms with Gasteiger partial charge in [0.1, 0.15) is 12.7 Å². The van der Waals surface area contributed by atoms with Crippen LogP contribution in [-0.4, -0.2) is 70.4 Å². The third kappa shape index (κ3) is 42.0. The first-order valence-electron chi connectivity index (χ1n) is 21.3. The van der Waals surface area contributed by atoms with Gasteiger partial charge in [0.25, 0.3) is 0 Å². The molecule has 0 rings (SSSR count). The normalized spacial score (nSPS) is 14.6. The quantitative estimate of drug-likeness (QED) is 0.0197. The fourth-order valence-corrected chi connectivity index (χ4v) is 6.61. The maximum absolute atomic E-state index is 12.6. The molecule has 0 bridgehead atoms. The van der Waals surface area contributed by atoms with Crippen LogP contribution in [-0.2, 0) is 41.8 Å². The number of phosphoric ester groups is 2. The van der Waals surface area contributed by atoms with Crippen molar-refractivity contribution in [3.05, 3.63) is 48.6 Å². The number of unbranched alkanes of at least 4 members (excludes halogenated alkanes) is 16. The highest BCUT2D eigenvalue weighted by Crippen LogP contribution is 2.43. The molecule has 0 aliphatic carbocycles. The molecule has 0 aliphatic heterocycles. The molecule has 0 spiro atoms. The number of hydrogen-bond acceptors (Lipinski definition) is 10. The van der Waals surface area contributed by atoms with Crippen LogP contribution in [0.1, 0.15) is 168 Å². The molecule has 57 heavy (non-hydrogen) atoms. The third-order valence-corrected chi connectivity index (χ3v) is 10.1. The fourth-order valence-electron chi connectivity index (χ4n) is 5.46. The minimum Gasteiger partial charge on any atom is -0.462 e. The Morgan fingerprint density at radius 1 is 0.509 bits per heavy atom. The average Bonchev–Trinajstić information content (AvgIpc) is 3.17. The summed E-state index contributed by atoms with van der Waals surface area (Å²) in [4.78, 5) is 52.6. The van der Waals surface area contributed by atoms with Crippen molar-refractivity contribution < 1.29 is 61.6 Å². The zero-order valence-corrected chi connectivity index (χ0v) is 36.7. The standard InChI is InChI=1S/C42H76O13P2/c1-3-5-7-9-11-13-15-17-18-19-20-22-24-26-28-30-32-34-42(45)55-40(38-54-57(49,50)53-36-39(43)35-52-56(46,47)48)37-51-41(44)33-31-29-27-25-23-21-16-14-12-10-8-6-4-2/h11,13,17-18,20,22,26,28,39-40,43H,3-10,12,14-16,19,21,23-25,27,29-38H2,1-2H3,(H,49,50)(H2,46,47,48). The molecule has 0 fully saturated rings. The molecule has 4 N–H and O–H groups in total. The lowest BCUT2D eigenvalue weighted by molar-refractivity contribution is -0.161. The van der Waals surface area contributed by atoms with Crippen molar-refractivity contribution in [2.24, 2.45) is 0 Å². The predicted molar refractivity (Wildman–Crippen MR) is 225 cm³/mol. The van der Waals surface area contributed by atoms with E-state index in [9.17, 15) is 28.7 Å². The van der Waals surface area contributed by atoms with E-state index in [1.807, 2.05) is 12.2 Å². The summed E-state index contributed by atoms with van der Waals surface area (Å²) in [6.45, 7) is 1.67. The molecule has 332 valence electrons. The molecular formula is C42H76O13P2. The molecular weight excluding hydrogens is 774 g/mol. The summed E-state index contributed by atoms with van der Waals surface area (Å²) < 4.78 is 47.7. The monoisotopic (exact) mass is 850 g/mol. The number of allylic oxidation sites excluding steroid dienone is 8. The number of carbonyl (C=O) groups is 2. The second-order valence-corrected chi connectivity index (χ2v) is 17.0. The number of phosphoric acid groups is 2. The van der Waals surface area contributed by atoms with Gasteiger partial charge in [0.05, 0.1) is 19.8 Å². The van der Waals surface area contributed by atoms with Crippen LogP contribution >= 0.6 is 15.6 Å². The van der Waals surface area contributed by atoms with E-state index in [2.05, 4.69) is 59.4 Å². The maximum Gasteiger partial charge on any atom is 0.472 e. The lowest BCUT2D eigenvalue weighted by atomic mass is 10.0. The van der Waals surface area contributed by atoms with Crippen LogP contribution in [0.15, 0.2) is 48.6 Å². The van der Waals surface area contributed by atoms with Gasteiger partial charge in [-0.15, -0.1) is 0 Å². The molecule has 0 radical (unpaired) electrons. The highest BCUT2D eigenvalue weighted by Gasteiger charge is 2.28. The molecule has 0 aliphatic rings. The highest BCUT2D eigenvalue weighted by molar-refractivity contribution is 7.47. The van der Waals surface area contributed by atoms with Gasteiger partial charge in [0.15, 0.2) is 6.10 Å². The Bertz CT molecular complexity index is 1200. The fraction of sp³-hybridized carbons (Fsp3) is 0.762. The van der Waals surface area contributed by atoms with Gasteiger partial charge in [-0.1, -0.05) is 152 Å². The number of aliphatic hydroxyl groups excluding tert-OH is 1. The average molecular weight is 851 g/mol. The van der Waals surface area contributed by atoms with Gasteiger partial charge in [-0.05, 0) is 51.4 Å². The largest absolute Gasteiger partial charge is 0.472 e. The first-order valence-corrected chi connectivity index (χ1v) is 24.4. The Hall–Kier alpha value is -1.92. The van der Waals surface area contributed by atoms with Crippen LogP contribution < -0.4 is 0 Å². The summed E-state index contributed by atoms with van der Waals surface area (Å²) in [5, 5.41) is 9.73. The van der Waals surface area contributed by atoms with E-state index >= 15 is 0 Å². The highest BCUT2D eigenvalue weighted by atomic mass is 31.2. The van der Waals surface area contributed by atoms with E-state index in [1.165, 1.54) is 77.0 Å². The number of esters is 2. The summed E-state index contributed by atoms with van der Waals surface area (Å²) in [5.41, 5.74) is 0. The van der Waals surface area contributed by atoms with Crippen molar-refractivity contribution >= 4 is 27.6 Å². The van der Waals surface area contributed by atoms with Gasteiger partial charge in [0, 0.05) is 12.8 Å². The summed E-state index contributed by atoms with van der Waals surface area (Å²) in [6, 6.07) is 0. The number of carbonyl (C=O) groups excluding carboxylic acids is 2. The first-order chi connectivity index (χ1) is 27.4. The Labute approximate surface area is 343 Å². The van der Waals surface area contributed by atoms with E-state index in [0.29, 0.717) is 19.3 Å². The molecule has 0 heterocycles.